The Morgan fingerprint density at radius 3 is 2.50 bits per heavy atom. The van der Waals surface area contributed by atoms with Crippen LogP contribution in [0.25, 0.3) is 10.8 Å². The Kier molecular flexibility index (Phi) is 4.84. The number of morpholine rings is 1. The molecule has 0 saturated carbocycles. The van der Waals surface area contributed by atoms with Crippen LogP contribution in [-0.2, 0) is 16.0 Å². The molecule has 1 N–H and O–H groups in total. The molecule has 1 heterocycles. The molecule has 0 unspecified atom stereocenters. The van der Waals surface area contributed by atoms with E-state index in [2.05, 4.69) is 40.5 Å². The van der Waals surface area contributed by atoms with Gasteiger partial charge in [0.25, 0.3) is 0 Å². The van der Waals surface area contributed by atoms with E-state index in [4.69, 9.17) is 4.74 Å². The van der Waals surface area contributed by atoms with Gasteiger partial charge < -0.3 is 15.0 Å². The lowest BCUT2D eigenvalue weighted by molar-refractivity contribution is -0.115. The van der Waals surface area contributed by atoms with E-state index in [1.165, 1.54) is 5.39 Å². The van der Waals surface area contributed by atoms with Crippen molar-refractivity contribution in [3.63, 3.8) is 0 Å². The molecule has 1 aliphatic heterocycles. The second-order valence-electron chi connectivity index (χ2n) is 6.52. The number of hydrogen-bond acceptors (Lipinski definition) is 3. The molecule has 0 atom stereocenters. The molecule has 1 aliphatic rings. The number of rotatable bonds is 4. The first-order valence-electron chi connectivity index (χ1n) is 8.99. The summed E-state index contributed by atoms with van der Waals surface area (Å²) in [6.45, 7) is 3.13. The van der Waals surface area contributed by atoms with Crippen molar-refractivity contribution in [2.75, 3.05) is 36.5 Å². The van der Waals surface area contributed by atoms with Crippen molar-refractivity contribution >= 4 is 28.1 Å². The van der Waals surface area contributed by atoms with Crippen LogP contribution in [0.15, 0.2) is 66.7 Å². The number of carbonyl (C=O) groups is 1. The van der Waals surface area contributed by atoms with Crippen molar-refractivity contribution in [1.29, 1.82) is 0 Å². The van der Waals surface area contributed by atoms with Gasteiger partial charge in [0.1, 0.15) is 0 Å². The van der Waals surface area contributed by atoms with E-state index in [1.54, 1.807) is 0 Å². The zero-order valence-electron chi connectivity index (χ0n) is 14.7. The van der Waals surface area contributed by atoms with E-state index >= 15 is 0 Å². The molecular formula is C22H22N2O2. The number of anilines is 2. The fourth-order valence-electron chi connectivity index (χ4n) is 3.39. The normalized spacial score (nSPS) is 14.4. The Morgan fingerprint density at radius 1 is 0.923 bits per heavy atom. The summed E-state index contributed by atoms with van der Waals surface area (Å²) in [6, 6.07) is 22.3. The van der Waals surface area contributed by atoms with E-state index in [9.17, 15) is 4.79 Å². The Hall–Kier alpha value is -2.85. The average Bonchev–Trinajstić information content (AvgIpc) is 2.69. The standard InChI is InChI=1S/C22H22N2O2/c25-22(16-17-9-10-18-5-1-2-6-19(18)15-17)23-20-7-3-4-8-21(20)24-11-13-26-14-12-24/h1-10,15H,11-14,16H2,(H,23,25). The fraction of sp³-hybridized carbons (Fsp3) is 0.227. The van der Waals surface area contributed by atoms with Crippen molar-refractivity contribution in [3.8, 4) is 0 Å². The predicted octanol–water partition coefficient (Wildman–Crippen LogP) is 3.86. The van der Waals surface area contributed by atoms with Crippen LogP contribution in [-0.4, -0.2) is 32.2 Å². The molecule has 3 aromatic carbocycles. The Balaban J connectivity index is 1.49. The van der Waals surface area contributed by atoms with Crippen molar-refractivity contribution < 1.29 is 9.53 Å². The van der Waals surface area contributed by atoms with Gasteiger partial charge in [-0.15, -0.1) is 0 Å². The maximum atomic E-state index is 12.6. The number of nitrogens with one attached hydrogen (secondary N) is 1. The number of amides is 1. The lowest BCUT2D eigenvalue weighted by Crippen LogP contribution is -2.36. The van der Waals surface area contributed by atoms with Gasteiger partial charge in [0.2, 0.25) is 5.91 Å². The number of nitrogens with zero attached hydrogens (tertiary/aromatic N) is 1. The van der Waals surface area contributed by atoms with Crippen LogP contribution >= 0.6 is 0 Å². The minimum atomic E-state index is 0.000917. The molecule has 26 heavy (non-hydrogen) atoms. The molecule has 1 saturated heterocycles. The Bertz CT molecular complexity index is 917. The van der Waals surface area contributed by atoms with Crippen LogP contribution in [0.5, 0.6) is 0 Å². The number of carbonyl (C=O) groups excluding carboxylic acids is 1. The van der Waals surface area contributed by atoms with Crippen molar-refractivity contribution in [2.24, 2.45) is 0 Å². The minimum Gasteiger partial charge on any atom is -0.378 e. The van der Waals surface area contributed by atoms with Gasteiger partial charge in [-0.05, 0) is 28.5 Å². The Labute approximate surface area is 153 Å². The van der Waals surface area contributed by atoms with Gasteiger partial charge in [0.05, 0.1) is 31.0 Å². The zero-order chi connectivity index (χ0) is 17.8. The van der Waals surface area contributed by atoms with Gasteiger partial charge in [-0.2, -0.15) is 0 Å². The summed E-state index contributed by atoms with van der Waals surface area (Å²) in [4.78, 5) is 14.9. The quantitative estimate of drug-likeness (QED) is 0.780. The first-order chi connectivity index (χ1) is 12.8. The summed E-state index contributed by atoms with van der Waals surface area (Å²) >= 11 is 0. The molecule has 4 heteroatoms. The third kappa shape index (κ3) is 3.70. The van der Waals surface area contributed by atoms with Crippen LogP contribution in [0, 0.1) is 0 Å². The molecule has 1 fully saturated rings. The monoisotopic (exact) mass is 346 g/mol. The van der Waals surface area contributed by atoms with Crippen LogP contribution in [0.1, 0.15) is 5.56 Å². The fourth-order valence-corrected chi connectivity index (χ4v) is 3.39. The third-order valence-corrected chi connectivity index (χ3v) is 4.71. The molecule has 3 aromatic rings. The van der Waals surface area contributed by atoms with E-state index in [1.807, 2.05) is 36.4 Å². The highest BCUT2D eigenvalue weighted by atomic mass is 16.5. The first kappa shape index (κ1) is 16.6. The predicted molar refractivity (Wildman–Crippen MR) is 106 cm³/mol. The maximum Gasteiger partial charge on any atom is 0.228 e. The minimum absolute atomic E-state index is 0.000917. The molecule has 0 radical (unpaired) electrons. The van der Waals surface area contributed by atoms with Gasteiger partial charge in [-0.3, -0.25) is 4.79 Å². The van der Waals surface area contributed by atoms with Crippen molar-refractivity contribution in [3.05, 3.63) is 72.3 Å². The lowest BCUT2D eigenvalue weighted by Gasteiger charge is -2.30. The van der Waals surface area contributed by atoms with Crippen LogP contribution in [0.2, 0.25) is 0 Å². The lowest BCUT2D eigenvalue weighted by atomic mass is 10.0. The number of para-hydroxylation sites is 2. The van der Waals surface area contributed by atoms with Gasteiger partial charge in [0.15, 0.2) is 0 Å². The second-order valence-corrected chi connectivity index (χ2v) is 6.52. The summed E-state index contributed by atoms with van der Waals surface area (Å²) < 4.78 is 5.43. The number of ether oxygens (including phenoxy) is 1. The molecule has 1 amide bonds. The molecule has 0 spiro atoms. The molecule has 0 aromatic heterocycles. The molecule has 4 rings (SSSR count). The van der Waals surface area contributed by atoms with E-state index in [0.717, 1.165) is 48.6 Å². The molecule has 0 bridgehead atoms. The highest BCUT2D eigenvalue weighted by Gasteiger charge is 2.15. The molecule has 4 nitrogen and oxygen atoms in total. The molecule has 132 valence electrons. The van der Waals surface area contributed by atoms with Crippen LogP contribution in [0.3, 0.4) is 0 Å². The average molecular weight is 346 g/mol. The molecule has 0 aliphatic carbocycles. The SMILES string of the molecule is O=C(Cc1ccc2ccccc2c1)Nc1ccccc1N1CCOCC1. The summed E-state index contributed by atoms with van der Waals surface area (Å²) in [7, 11) is 0. The number of hydrogen-bond donors (Lipinski definition) is 1. The number of benzene rings is 3. The molecular weight excluding hydrogens is 324 g/mol. The van der Waals surface area contributed by atoms with Gasteiger partial charge >= 0.3 is 0 Å². The highest BCUT2D eigenvalue weighted by Crippen LogP contribution is 2.26. The highest BCUT2D eigenvalue weighted by molar-refractivity contribution is 5.96. The summed E-state index contributed by atoms with van der Waals surface area (Å²) in [6.07, 6.45) is 0.363. The summed E-state index contributed by atoms with van der Waals surface area (Å²) in [5.74, 6) is 0.000917. The maximum absolute atomic E-state index is 12.6. The Morgan fingerprint density at radius 2 is 1.65 bits per heavy atom. The zero-order valence-corrected chi connectivity index (χ0v) is 14.7. The van der Waals surface area contributed by atoms with Crippen LogP contribution in [0.4, 0.5) is 11.4 Å². The first-order valence-corrected chi connectivity index (χ1v) is 8.99. The smallest absolute Gasteiger partial charge is 0.228 e. The largest absolute Gasteiger partial charge is 0.378 e. The van der Waals surface area contributed by atoms with Gasteiger partial charge in [-0.1, -0.05) is 54.6 Å². The third-order valence-electron chi connectivity index (χ3n) is 4.71. The van der Waals surface area contributed by atoms with E-state index in [-0.39, 0.29) is 5.91 Å². The van der Waals surface area contributed by atoms with Crippen molar-refractivity contribution in [2.45, 2.75) is 6.42 Å². The van der Waals surface area contributed by atoms with Crippen LogP contribution < -0.4 is 10.2 Å². The topological polar surface area (TPSA) is 41.6 Å². The van der Waals surface area contributed by atoms with E-state index < -0.39 is 0 Å². The summed E-state index contributed by atoms with van der Waals surface area (Å²) in [5, 5.41) is 5.43. The van der Waals surface area contributed by atoms with Crippen molar-refractivity contribution in [1.82, 2.24) is 0 Å². The van der Waals surface area contributed by atoms with Gasteiger partial charge in [-0.25, -0.2) is 0 Å². The van der Waals surface area contributed by atoms with E-state index in [0.29, 0.717) is 6.42 Å². The summed E-state index contributed by atoms with van der Waals surface area (Å²) in [5.41, 5.74) is 2.94. The second kappa shape index (κ2) is 7.58. The number of fused-ring (bicyclic) bond motifs is 1. The van der Waals surface area contributed by atoms with Gasteiger partial charge in [0, 0.05) is 13.1 Å².